The second-order valence-corrected chi connectivity index (χ2v) is 9.41. The molecular weight excluding hydrogens is 406 g/mol. The minimum atomic E-state index is -0.385. The zero-order valence-electron chi connectivity index (χ0n) is 18.6. The van der Waals surface area contributed by atoms with Crippen LogP contribution in [-0.4, -0.2) is 73.1 Å². The van der Waals surface area contributed by atoms with Gasteiger partial charge in [-0.2, -0.15) is 0 Å². The summed E-state index contributed by atoms with van der Waals surface area (Å²) in [6, 6.07) is 3.70. The third-order valence-electron chi connectivity index (χ3n) is 7.32. The maximum Gasteiger partial charge on any atom is 0.243 e. The number of fused-ring (bicyclic) bond motifs is 4. The van der Waals surface area contributed by atoms with Gasteiger partial charge in [0.25, 0.3) is 0 Å². The summed E-state index contributed by atoms with van der Waals surface area (Å²) in [5, 5.41) is 11.4. The topological polar surface area (TPSA) is 96.2 Å². The molecule has 2 aromatic heterocycles. The Morgan fingerprint density at radius 2 is 2.03 bits per heavy atom. The molecule has 5 heterocycles. The summed E-state index contributed by atoms with van der Waals surface area (Å²) in [7, 11) is 1.96. The van der Waals surface area contributed by atoms with Crippen LogP contribution in [0.25, 0.3) is 0 Å². The maximum absolute atomic E-state index is 13.4. The predicted molar refractivity (Wildman–Crippen MR) is 117 cm³/mol. The SMILES string of the molecule is Cn1cnnc1CN1C[C@H]2C[C@@H](C1)[C@H](C(=O)NCCc1ccncc1)N1C(=O)CCC[C@@H]21. The molecule has 2 amide bonds. The largest absolute Gasteiger partial charge is 0.354 e. The molecule has 3 aliphatic heterocycles. The van der Waals surface area contributed by atoms with Crippen LogP contribution in [0.4, 0.5) is 0 Å². The predicted octanol–water partition coefficient (Wildman–Crippen LogP) is 0.770. The summed E-state index contributed by atoms with van der Waals surface area (Å²) in [5.74, 6) is 1.61. The average molecular weight is 438 g/mol. The van der Waals surface area contributed by atoms with Gasteiger partial charge >= 0.3 is 0 Å². The lowest BCUT2D eigenvalue weighted by molar-refractivity contribution is -0.160. The number of likely N-dealkylation sites (tertiary alicyclic amines) is 1. The molecule has 1 N–H and O–H groups in total. The highest BCUT2D eigenvalue weighted by Crippen LogP contribution is 2.41. The van der Waals surface area contributed by atoms with Crippen LogP contribution >= 0.6 is 0 Å². The molecule has 0 unspecified atom stereocenters. The second-order valence-electron chi connectivity index (χ2n) is 9.41. The first-order valence-electron chi connectivity index (χ1n) is 11.6. The second kappa shape index (κ2) is 8.97. The number of aromatic nitrogens is 4. The van der Waals surface area contributed by atoms with Gasteiger partial charge in [-0.3, -0.25) is 19.5 Å². The van der Waals surface area contributed by atoms with E-state index < -0.39 is 0 Å². The van der Waals surface area contributed by atoms with Crippen LogP contribution < -0.4 is 5.32 Å². The lowest BCUT2D eigenvalue weighted by atomic mass is 9.71. The van der Waals surface area contributed by atoms with Crippen molar-refractivity contribution in [2.45, 2.75) is 50.7 Å². The molecule has 3 saturated heterocycles. The van der Waals surface area contributed by atoms with E-state index in [1.807, 2.05) is 28.6 Å². The van der Waals surface area contributed by atoms with Crippen LogP contribution in [0.3, 0.4) is 0 Å². The molecule has 9 heteroatoms. The van der Waals surface area contributed by atoms with Crippen LogP contribution in [0.1, 0.15) is 37.1 Å². The van der Waals surface area contributed by atoms with Crippen molar-refractivity contribution in [1.29, 1.82) is 0 Å². The Hall–Kier alpha value is -2.81. The summed E-state index contributed by atoms with van der Waals surface area (Å²) in [4.78, 5) is 34.8. The number of rotatable bonds is 6. The lowest BCUT2D eigenvalue weighted by Crippen LogP contribution is -2.68. The quantitative estimate of drug-likeness (QED) is 0.717. The molecule has 170 valence electrons. The minimum absolute atomic E-state index is 0.0109. The van der Waals surface area contributed by atoms with Gasteiger partial charge in [0.1, 0.15) is 18.2 Å². The average Bonchev–Trinajstić information content (AvgIpc) is 3.19. The zero-order valence-corrected chi connectivity index (χ0v) is 18.6. The molecule has 2 bridgehead atoms. The van der Waals surface area contributed by atoms with Crippen LogP contribution in [0.15, 0.2) is 30.9 Å². The summed E-state index contributed by atoms with van der Waals surface area (Å²) in [5.41, 5.74) is 1.14. The van der Waals surface area contributed by atoms with E-state index in [0.29, 0.717) is 18.9 Å². The van der Waals surface area contributed by atoms with Gasteiger partial charge in [0.2, 0.25) is 11.8 Å². The molecule has 32 heavy (non-hydrogen) atoms. The van der Waals surface area contributed by atoms with Crippen molar-refractivity contribution in [3.05, 3.63) is 42.2 Å². The molecule has 0 aliphatic carbocycles. The van der Waals surface area contributed by atoms with Crippen molar-refractivity contribution < 1.29 is 9.59 Å². The molecule has 0 spiro atoms. The first kappa shape index (κ1) is 21.1. The highest BCUT2D eigenvalue weighted by atomic mass is 16.2. The summed E-state index contributed by atoms with van der Waals surface area (Å²) in [6.07, 6.45) is 9.48. The van der Waals surface area contributed by atoms with Crippen molar-refractivity contribution in [3.63, 3.8) is 0 Å². The van der Waals surface area contributed by atoms with E-state index in [9.17, 15) is 9.59 Å². The van der Waals surface area contributed by atoms with Crippen molar-refractivity contribution in [2.75, 3.05) is 19.6 Å². The van der Waals surface area contributed by atoms with Gasteiger partial charge in [0.05, 0.1) is 6.54 Å². The lowest BCUT2D eigenvalue weighted by Gasteiger charge is -2.55. The number of amides is 2. The van der Waals surface area contributed by atoms with Crippen LogP contribution in [0, 0.1) is 11.8 Å². The van der Waals surface area contributed by atoms with E-state index in [1.54, 1.807) is 18.7 Å². The summed E-state index contributed by atoms with van der Waals surface area (Å²) in [6.45, 7) is 3.02. The molecule has 3 fully saturated rings. The van der Waals surface area contributed by atoms with Crippen molar-refractivity contribution >= 4 is 11.8 Å². The Bertz CT molecular complexity index is 962. The number of aryl methyl sites for hydroxylation is 1. The van der Waals surface area contributed by atoms with E-state index in [2.05, 4.69) is 25.4 Å². The number of nitrogens with zero attached hydrogens (tertiary/aromatic N) is 6. The van der Waals surface area contributed by atoms with Gasteiger partial charge in [0.15, 0.2) is 0 Å². The molecule has 4 atom stereocenters. The molecular formula is C23H31N7O2. The van der Waals surface area contributed by atoms with Crippen LogP contribution in [-0.2, 0) is 29.6 Å². The van der Waals surface area contributed by atoms with Gasteiger partial charge in [-0.05, 0) is 49.3 Å². The number of piperidine rings is 3. The van der Waals surface area contributed by atoms with E-state index in [1.165, 1.54) is 0 Å². The van der Waals surface area contributed by atoms with Crippen LogP contribution in [0.2, 0.25) is 0 Å². The molecule has 2 aromatic rings. The Morgan fingerprint density at radius 3 is 2.81 bits per heavy atom. The van der Waals surface area contributed by atoms with Crippen molar-refractivity contribution in [3.8, 4) is 0 Å². The fourth-order valence-corrected chi connectivity index (χ4v) is 5.85. The maximum atomic E-state index is 13.4. The smallest absolute Gasteiger partial charge is 0.243 e. The summed E-state index contributed by atoms with van der Waals surface area (Å²) < 4.78 is 1.95. The number of carbonyl (C=O) groups is 2. The highest BCUT2D eigenvalue weighted by molar-refractivity contribution is 5.89. The zero-order chi connectivity index (χ0) is 22.1. The monoisotopic (exact) mass is 437 g/mol. The number of pyridine rings is 1. The molecule has 3 aliphatic rings. The van der Waals surface area contributed by atoms with Crippen molar-refractivity contribution in [2.24, 2.45) is 18.9 Å². The van der Waals surface area contributed by atoms with Gasteiger partial charge in [-0.1, -0.05) is 0 Å². The van der Waals surface area contributed by atoms with E-state index >= 15 is 0 Å². The molecule has 5 rings (SSSR count). The van der Waals surface area contributed by atoms with Crippen LogP contribution in [0.5, 0.6) is 0 Å². The first-order chi connectivity index (χ1) is 15.6. The molecule has 9 nitrogen and oxygen atoms in total. The normalized spacial score (nSPS) is 27.8. The molecule has 0 saturated carbocycles. The third-order valence-corrected chi connectivity index (χ3v) is 7.32. The number of hydrogen-bond donors (Lipinski definition) is 1. The van der Waals surface area contributed by atoms with E-state index in [4.69, 9.17) is 0 Å². The Balaban J connectivity index is 1.31. The summed E-state index contributed by atoms with van der Waals surface area (Å²) >= 11 is 0. The number of nitrogens with one attached hydrogen (secondary N) is 1. The first-order valence-corrected chi connectivity index (χ1v) is 11.6. The minimum Gasteiger partial charge on any atom is -0.354 e. The number of hydrogen-bond acceptors (Lipinski definition) is 6. The van der Waals surface area contributed by atoms with Gasteiger partial charge in [-0.15, -0.1) is 10.2 Å². The fourth-order valence-electron chi connectivity index (χ4n) is 5.85. The highest BCUT2D eigenvalue weighted by Gasteiger charge is 2.51. The third kappa shape index (κ3) is 4.13. The van der Waals surface area contributed by atoms with Crippen molar-refractivity contribution in [1.82, 2.24) is 34.9 Å². The Kier molecular flexibility index (Phi) is 5.91. The van der Waals surface area contributed by atoms with E-state index in [-0.39, 0.29) is 29.8 Å². The van der Waals surface area contributed by atoms with Gasteiger partial charge in [0, 0.05) is 57.5 Å². The Labute approximate surface area is 188 Å². The van der Waals surface area contributed by atoms with Gasteiger partial charge in [-0.25, -0.2) is 0 Å². The fraction of sp³-hybridized carbons (Fsp3) is 0.609. The Morgan fingerprint density at radius 1 is 1.22 bits per heavy atom. The number of carbonyl (C=O) groups excluding carboxylic acids is 2. The molecule has 0 radical (unpaired) electrons. The van der Waals surface area contributed by atoms with E-state index in [0.717, 1.165) is 56.7 Å². The molecule has 0 aromatic carbocycles. The standard InChI is InChI=1S/C23H31N7O2/c1-28-15-26-27-20(28)14-29-12-17-11-18(13-29)22(30-19(17)3-2-4-21(30)31)23(32)25-10-7-16-5-8-24-9-6-16/h5-6,8-9,15,17-19,22H,2-4,7,10-14H2,1H3,(H,25,32)/t17-,18+,19+,22-/m1/s1. The van der Waals surface area contributed by atoms with Gasteiger partial charge < -0.3 is 14.8 Å².